The molecule has 0 fully saturated rings. The van der Waals surface area contributed by atoms with E-state index in [9.17, 15) is 4.79 Å². The van der Waals surface area contributed by atoms with Crippen molar-refractivity contribution in [2.75, 3.05) is 5.75 Å². The van der Waals surface area contributed by atoms with Gasteiger partial charge in [-0.3, -0.25) is 4.79 Å². The van der Waals surface area contributed by atoms with E-state index in [0.29, 0.717) is 19.5 Å². The van der Waals surface area contributed by atoms with E-state index in [4.69, 9.17) is 27.6 Å². The van der Waals surface area contributed by atoms with Gasteiger partial charge in [0.2, 0.25) is 0 Å². The lowest BCUT2D eigenvalue weighted by Crippen LogP contribution is -2.01. The summed E-state index contributed by atoms with van der Waals surface area (Å²) in [7, 11) is 0. The van der Waals surface area contributed by atoms with Crippen molar-refractivity contribution < 1.29 is 9.21 Å². The molecule has 0 N–H and O–H groups in total. The minimum Gasteiger partial charge on any atom is -0.440 e. The number of hydrogen-bond donors (Lipinski definition) is 0. The molecule has 7 heteroatoms. The van der Waals surface area contributed by atoms with Gasteiger partial charge in [0.25, 0.3) is 5.22 Å². The summed E-state index contributed by atoms with van der Waals surface area (Å²) in [6.07, 6.45) is 1.54. The van der Waals surface area contributed by atoms with E-state index in [-0.39, 0.29) is 11.5 Å². The molecular weight excluding hydrogens is 301 g/mol. The van der Waals surface area contributed by atoms with E-state index in [1.54, 1.807) is 12.3 Å². The molecular formula is C10H7Cl2NO2S2. The van der Waals surface area contributed by atoms with Crippen LogP contribution < -0.4 is 0 Å². The van der Waals surface area contributed by atoms with Crippen molar-refractivity contribution in [3.05, 3.63) is 32.3 Å². The SMILES string of the molecule is Cc1coc(SCC(=O)c2cc(Cl)sc2Cl)n1. The van der Waals surface area contributed by atoms with Gasteiger partial charge in [0, 0.05) is 5.56 Å². The van der Waals surface area contributed by atoms with Crippen LogP contribution in [-0.2, 0) is 0 Å². The number of nitrogens with zero attached hydrogens (tertiary/aromatic N) is 1. The first kappa shape index (κ1) is 13.0. The summed E-state index contributed by atoms with van der Waals surface area (Å²) in [6, 6.07) is 1.58. The highest BCUT2D eigenvalue weighted by atomic mass is 35.5. The van der Waals surface area contributed by atoms with Gasteiger partial charge in [-0.2, -0.15) is 0 Å². The molecule has 90 valence electrons. The molecule has 0 atom stereocenters. The van der Waals surface area contributed by atoms with E-state index >= 15 is 0 Å². The first-order valence-corrected chi connectivity index (χ1v) is 7.15. The highest BCUT2D eigenvalue weighted by Crippen LogP contribution is 2.32. The van der Waals surface area contributed by atoms with Crippen LogP contribution in [0.5, 0.6) is 0 Å². The van der Waals surface area contributed by atoms with Gasteiger partial charge in [-0.15, -0.1) is 11.3 Å². The lowest BCUT2D eigenvalue weighted by molar-refractivity contribution is 0.102. The van der Waals surface area contributed by atoms with Crippen molar-refractivity contribution in [3.63, 3.8) is 0 Å². The third-order valence-corrected chi connectivity index (χ3v) is 4.21. The van der Waals surface area contributed by atoms with Crippen LogP contribution >= 0.6 is 46.3 Å². The molecule has 2 heterocycles. The third kappa shape index (κ3) is 3.25. The average Bonchev–Trinajstić information content (AvgIpc) is 2.81. The Morgan fingerprint density at radius 2 is 2.35 bits per heavy atom. The van der Waals surface area contributed by atoms with Gasteiger partial charge in [0.1, 0.15) is 10.6 Å². The van der Waals surface area contributed by atoms with Gasteiger partial charge in [-0.05, 0) is 13.0 Å². The molecule has 2 aromatic heterocycles. The Balaban J connectivity index is 2.00. The molecule has 0 radical (unpaired) electrons. The van der Waals surface area contributed by atoms with E-state index in [1.165, 1.54) is 23.1 Å². The van der Waals surface area contributed by atoms with Gasteiger partial charge < -0.3 is 4.42 Å². The molecule has 0 aliphatic heterocycles. The first-order chi connectivity index (χ1) is 8.06. The molecule has 2 aromatic rings. The highest BCUT2D eigenvalue weighted by molar-refractivity contribution is 7.99. The molecule has 17 heavy (non-hydrogen) atoms. The molecule has 0 amide bonds. The summed E-state index contributed by atoms with van der Waals surface area (Å²) in [6.45, 7) is 1.82. The molecule has 0 spiro atoms. The van der Waals surface area contributed by atoms with Gasteiger partial charge in [-0.1, -0.05) is 35.0 Å². The van der Waals surface area contributed by atoms with Crippen LogP contribution in [0.4, 0.5) is 0 Å². The summed E-state index contributed by atoms with van der Waals surface area (Å²) >= 11 is 14.1. The molecule has 0 aliphatic carbocycles. The smallest absolute Gasteiger partial charge is 0.256 e. The Kier molecular flexibility index (Phi) is 4.14. The maximum atomic E-state index is 11.8. The number of halogens is 2. The van der Waals surface area contributed by atoms with Gasteiger partial charge in [0.05, 0.1) is 15.8 Å². The zero-order valence-corrected chi connectivity index (χ0v) is 11.8. The predicted octanol–water partition coefficient (Wildman–Crippen LogP) is 4.33. The normalized spacial score (nSPS) is 10.8. The lowest BCUT2D eigenvalue weighted by atomic mass is 10.2. The third-order valence-electron chi connectivity index (χ3n) is 1.88. The zero-order chi connectivity index (χ0) is 12.4. The quantitative estimate of drug-likeness (QED) is 0.623. The largest absolute Gasteiger partial charge is 0.440 e. The Labute approximate surface area is 116 Å². The summed E-state index contributed by atoms with van der Waals surface area (Å²) in [4.78, 5) is 15.9. The Morgan fingerprint density at radius 1 is 1.59 bits per heavy atom. The molecule has 0 bridgehead atoms. The maximum absolute atomic E-state index is 11.8. The van der Waals surface area contributed by atoms with Crippen molar-refractivity contribution in [3.8, 4) is 0 Å². The number of hydrogen-bond acceptors (Lipinski definition) is 5. The van der Waals surface area contributed by atoms with Crippen molar-refractivity contribution in [1.29, 1.82) is 0 Å². The van der Waals surface area contributed by atoms with Crippen molar-refractivity contribution in [2.24, 2.45) is 0 Å². The first-order valence-electron chi connectivity index (χ1n) is 4.59. The standard InChI is InChI=1S/C10H7Cl2NO2S2/c1-5-3-15-10(13-5)16-4-7(14)6-2-8(11)17-9(6)12/h2-3H,4H2,1H3. The fourth-order valence-electron chi connectivity index (χ4n) is 1.13. The number of carbonyl (C=O) groups excluding carboxylic acids is 1. The van der Waals surface area contributed by atoms with Crippen LogP contribution in [0.25, 0.3) is 0 Å². The number of Topliss-reactive ketones (excluding diaryl/α,β-unsaturated/α-hetero) is 1. The second kappa shape index (κ2) is 5.44. The van der Waals surface area contributed by atoms with Crippen molar-refractivity contribution in [1.82, 2.24) is 4.98 Å². The van der Waals surface area contributed by atoms with E-state index in [2.05, 4.69) is 4.98 Å². The Bertz CT molecular complexity index is 550. The number of rotatable bonds is 4. The number of aromatic nitrogens is 1. The van der Waals surface area contributed by atoms with Crippen molar-refractivity contribution in [2.45, 2.75) is 12.1 Å². The minimum atomic E-state index is -0.0843. The monoisotopic (exact) mass is 307 g/mol. The Morgan fingerprint density at radius 3 is 2.88 bits per heavy atom. The summed E-state index contributed by atoms with van der Waals surface area (Å²) in [5, 5.41) is 0.480. The number of thioether (sulfide) groups is 1. The molecule has 0 unspecified atom stereocenters. The fraction of sp³-hybridized carbons (Fsp3) is 0.200. The summed E-state index contributed by atoms with van der Waals surface area (Å²) < 4.78 is 6.06. The molecule has 0 saturated heterocycles. The van der Waals surface area contributed by atoms with E-state index in [1.807, 2.05) is 6.92 Å². The van der Waals surface area contributed by atoms with Crippen LogP contribution in [0, 0.1) is 6.92 Å². The number of ketones is 1. The second-order valence-electron chi connectivity index (χ2n) is 3.20. The molecule has 0 saturated carbocycles. The fourth-order valence-corrected chi connectivity index (χ4v) is 3.37. The maximum Gasteiger partial charge on any atom is 0.256 e. The highest BCUT2D eigenvalue weighted by Gasteiger charge is 2.15. The summed E-state index contributed by atoms with van der Waals surface area (Å²) in [5.41, 5.74) is 1.24. The molecule has 0 aliphatic rings. The van der Waals surface area contributed by atoms with Crippen LogP contribution in [0.2, 0.25) is 8.67 Å². The summed E-state index contributed by atoms with van der Waals surface area (Å²) in [5.74, 6) is 0.145. The lowest BCUT2D eigenvalue weighted by Gasteiger charge is -1.96. The molecule has 2 rings (SSSR count). The second-order valence-corrected chi connectivity index (χ2v) is 6.42. The number of oxazole rings is 1. The van der Waals surface area contributed by atoms with E-state index < -0.39 is 0 Å². The van der Waals surface area contributed by atoms with Crippen LogP contribution in [0.1, 0.15) is 16.1 Å². The van der Waals surface area contributed by atoms with Crippen LogP contribution in [-0.4, -0.2) is 16.5 Å². The van der Waals surface area contributed by atoms with Gasteiger partial charge >= 0.3 is 0 Å². The van der Waals surface area contributed by atoms with Crippen molar-refractivity contribution >= 4 is 52.1 Å². The number of aryl methyl sites for hydroxylation is 1. The minimum absolute atomic E-state index is 0.0843. The van der Waals surface area contributed by atoms with Gasteiger partial charge in [-0.25, -0.2) is 4.98 Å². The van der Waals surface area contributed by atoms with Crippen LogP contribution in [0.15, 0.2) is 22.0 Å². The molecule has 3 nitrogen and oxygen atoms in total. The predicted molar refractivity (Wildman–Crippen MR) is 70.6 cm³/mol. The number of thiophene rings is 1. The topological polar surface area (TPSA) is 43.1 Å². The van der Waals surface area contributed by atoms with Crippen LogP contribution in [0.3, 0.4) is 0 Å². The average molecular weight is 308 g/mol. The number of carbonyl (C=O) groups is 1. The zero-order valence-electron chi connectivity index (χ0n) is 8.70. The molecule has 0 aromatic carbocycles. The Hall–Kier alpha value is -0.490. The van der Waals surface area contributed by atoms with Gasteiger partial charge in [0.15, 0.2) is 5.78 Å². The van der Waals surface area contributed by atoms with E-state index in [0.717, 1.165) is 5.69 Å².